The van der Waals surface area contributed by atoms with Gasteiger partial charge in [-0.2, -0.15) is 13.2 Å². The maximum absolute atomic E-state index is 13.1. The number of alkyl halides is 3. The van der Waals surface area contributed by atoms with Crippen molar-refractivity contribution < 1.29 is 26.4 Å². The van der Waals surface area contributed by atoms with Gasteiger partial charge in [0, 0.05) is 30.0 Å². The van der Waals surface area contributed by atoms with Gasteiger partial charge in [0.15, 0.2) is 0 Å². The van der Waals surface area contributed by atoms with Crippen LogP contribution in [0.2, 0.25) is 0 Å². The summed E-state index contributed by atoms with van der Waals surface area (Å²) < 4.78 is 64.8. The van der Waals surface area contributed by atoms with Gasteiger partial charge in [-0.25, -0.2) is 13.1 Å². The Morgan fingerprint density at radius 2 is 1.71 bits per heavy atom. The molecule has 1 aliphatic heterocycles. The van der Waals surface area contributed by atoms with E-state index in [0.29, 0.717) is 25.2 Å². The first kappa shape index (κ1) is 23.8. The van der Waals surface area contributed by atoms with Crippen molar-refractivity contribution in [3.05, 3.63) is 89.0 Å². The van der Waals surface area contributed by atoms with Crippen LogP contribution in [0.15, 0.2) is 71.6 Å². The number of amides is 1. The number of benzene rings is 3. The topological polar surface area (TPSA) is 78.5 Å². The summed E-state index contributed by atoms with van der Waals surface area (Å²) in [4.78, 5) is 14.7. The summed E-state index contributed by atoms with van der Waals surface area (Å²) in [5.41, 5.74) is 2.76. The van der Waals surface area contributed by atoms with Gasteiger partial charge in [-0.3, -0.25) is 4.79 Å². The Bertz CT molecular complexity index is 1320. The van der Waals surface area contributed by atoms with Crippen molar-refractivity contribution in [3.8, 4) is 0 Å². The summed E-state index contributed by atoms with van der Waals surface area (Å²) in [7, 11) is -2.36. The van der Waals surface area contributed by atoms with Gasteiger partial charge in [0.25, 0.3) is 5.91 Å². The van der Waals surface area contributed by atoms with Gasteiger partial charge in [0.05, 0.1) is 10.5 Å². The van der Waals surface area contributed by atoms with Crippen molar-refractivity contribution in [1.82, 2.24) is 9.62 Å². The maximum Gasteiger partial charge on any atom is 0.416 e. The molecule has 4 rings (SSSR count). The molecule has 3 aromatic carbocycles. The molecule has 0 saturated carbocycles. The van der Waals surface area contributed by atoms with Crippen LogP contribution in [-0.2, 0) is 29.2 Å². The van der Waals surface area contributed by atoms with Crippen molar-refractivity contribution in [2.75, 3.05) is 18.9 Å². The standard InChI is InChI=1S/C24H22F3N3O3S/c1-28-34(32,33)20-6-2-4-16(14-20)23(31)30-13-12-21-17(15-30)5-3-7-22(21)29-19-10-8-18(9-11-19)24(25,26)27/h2-11,14,28-29H,12-13,15H2,1H3. The zero-order chi connectivity index (χ0) is 24.5. The minimum Gasteiger partial charge on any atom is -0.355 e. The number of fused-ring (bicyclic) bond motifs is 1. The fraction of sp³-hybridized carbons (Fsp3) is 0.208. The second kappa shape index (κ2) is 9.11. The van der Waals surface area contributed by atoms with Gasteiger partial charge >= 0.3 is 6.18 Å². The minimum atomic E-state index is -4.39. The van der Waals surface area contributed by atoms with E-state index in [-0.39, 0.29) is 16.4 Å². The predicted octanol–water partition coefficient (Wildman–Crippen LogP) is 4.56. The molecule has 0 spiro atoms. The maximum atomic E-state index is 13.1. The average molecular weight is 490 g/mol. The van der Waals surface area contributed by atoms with Crippen LogP contribution in [0.4, 0.5) is 24.5 Å². The normalized spacial score (nSPS) is 13.9. The van der Waals surface area contributed by atoms with Gasteiger partial charge in [-0.05, 0) is 73.1 Å². The van der Waals surface area contributed by atoms with Crippen LogP contribution < -0.4 is 10.0 Å². The number of halogens is 3. The van der Waals surface area contributed by atoms with E-state index in [9.17, 15) is 26.4 Å². The van der Waals surface area contributed by atoms with Crippen molar-refractivity contribution in [2.24, 2.45) is 0 Å². The van der Waals surface area contributed by atoms with Crippen molar-refractivity contribution in [3.63, 3.8) is 0 Å². The summed E-state index contributed by atoms with van der Waals surface area (Å²) in [6, 6.07) is 16.3. The highest BCUT2D eigenvalue weighted by Gasteiger charge is 2.30. The molecule has 10 heteroatoms. The monoisotopic (exact) mass is 489 g/mol. The number of sulfonamides is 1. The second-order valence-corrected chi connectivity index (χ2v) is 9.74. The minimum absolute atomic E-state index is 0.0151. The number of carbonyl (C=O) groups is 1. The Balaban J connectivity index is 1.52. The summed E-state index contributed by atoms with van der Waals surface area (Å²) >= 11 is 0. The van der Waals surface area contributed by atoms with Crippen molar-refractivity contribution in [2.45, 2.75) is 24.0 Å². The first-order valence-electron chi connectivity index (χ1n) is 10.5. The van der Waals surface area contributed by atoms with Crippen LogP contribution in [0.1, 0.15) is 27.0 Å². The molecule has 6 nitrogen and oxygen atoms in total. The molecule has 0 saturated heterocycles. The van der Waals surface area contributed by atoms with Crippen molar-refractivity contribution in [1.29, 1.82) is 0 Å². The van der Waals surface area contributed by atoms with Gasteiger partial charge in [-0.15, -0.1) is 0 Å². The third kappa shape index (κ3) is 4.92. The lowest BCUT2D eigenvalue weighted by Crippen LogP contribution is -2.36. The third-order valence-corrected chi connectivity index (χ3v) is 7.12. The highest BCUT2D eigenvalue weighted by atomic mass is 32.2. The summed E-state index contributed by atoms with van der Waals surface area (Å²) in [6.07, 6.45) is -3.85. The Labute approximate surface area is 195 Å². The molecule has 1 aliphatic rings. The van der Waals surface area contributed by atoms with Crippen LogP contribution in [0, 0.1) is 0 Å². The lowest BCUT2D eigenvalue weighted by molar-refractivity contribution is -0.137. The molecule has 0 radical (unpaired) electrons. The third-order valence-electron chi connectivity index (χ3n) is 5.70. The van der Waals surface area contributed by atoms with Crippen molar-refractivity contribution >= 4 is 27.3 Å². The van der Waals surface area contributed by atoms with E-state index in [4.69, 9.17) is 0 Å². The van der Waals surface area contributed by atoms with Gasteiger partial charge in [0.2, 0.25) is 10.0 Å². The van der Waals surface area contributed by atoms with Gasteiger partial charge in [-0.1, -0.05) is 18.2 Å². The molecule has 0 bridgehead atoms. The first-order chi connectivity index (χ1) is 16.1. The number of nitrogens with zero attached hydrogens (tertiary/aromatic N) is 1. The lowest BCUT2D eigenvalue weighted by atomic mass is 9.97. The first-order valence-corrected chi connectivity index (χ1v) is 11.9. The van der Waals surface area contributed by atoms with E-state index < -0.39 is 21.8 Å². The summed E-state index contributed by atoms with van der Waals surface area (Å²) in [5.74, 6) is -0.278. The highest BCUT2D eigenvalue weighted by Crippen LogP contribution is 2.32. The lowest BCUT2D eigenvalue weighted by Gasteiger charge is -2.30. The molecule has 3 aromatic rings. The van der Waals surface area contributed by atoms with Crippen LogP contribution in [0.3, 0.4) is 0 Å². The zero-order valence-electron chi connectivity index (χ0n) is 18.2. The van der Waals surface area contributed by atoms with E-state index in [2.05, 4.69) is 10.0 Å². The predicted molar refractivity (Wildman–Crippen MR) is 122 cm³/mol. The fourth-order valence-corrected chi connectivity index (χ4v) is 4.67. The Hall–Kier alpha value is -3.37. The Morgan fingerprint density at radius 1 is 1.00 bits per heavy atom. The number of rotatable bonds is 5. The molecule has 34 heavy (non-hydrogen) atoms. The molecular formula is C24H22F3N3O3S. The van der Waals surface area contributed by atoms with Crippen LogP contribution in [0.25, 0.3) is 0 Å². The number of anilines is 2. The molecule has 2 N–H and O–H groups in total. The van der Waals surface area contributed by atoms with Crippen LogP contribution in [0.5, 0.6) is 0 Å². The van der Waals surface area contributed by atoms with E-state index in [1.807, 2.05) is 18.2 Å². The molecule has 1 heterocycles. The SMILES string of the molecule is CNS(=O)(=O)c1cccc(C(=O)N2CCc3c(cccc3Nc3ccc(C(F)(F)F)cc3)C2)c1. The Kier molecular flexibility index (Phi) is 6.37. The molecular weight excluding hydrogens is 467 g/mol. The fourth-order valence-electron chi connectivity index (χ4n) is 3.89. The molecule has 178 valence electrons. The highest BCUT2D eigenvalue weighted by molar-refractivity contribution is 7.89. The summed E-state index contributed by atoms with van der Waals surface area (Å²) in [5, 5.41) is 3.17. The molecule has 1 amide bonds. The molecule has 0 unspecified atom stereocenters. The number of nitrogens with one attached hydrogen (secondary N) is 2. The largest absolute Gasteiger partial charge is 0.416 e. The Morgan fingerprint density at radius 3 is 2.38 bits per heavy atom. The molecule has 0 aliphatic carbocycles. The molecule has 0 fully saturated rings. The van der Waals surface area contributed by atoms with E-state index >= 15 is 0 Å². The second-order valence-electron chi connectivity index (χ2n) is 7.86. The van der Waals surface area contributed by atoms with Gasteiger partial charge in [0.1, 0.15) is 0 Å². The number of carbonyl (C=O) groups excluding carboxylic acids is 1. The smallest absolute Gasteiger partial charge is 0.355 e. The molecule has 0 atom stereocenters. The quantitative estimate of drug-likeness (QED) is 0.551. The van der Waals surface area contributed by atoms with Gasteiger partial charge < -0.3 is 10.2 Å². The number of hydrogen-bond donors (Lipinski definition) is 2. The van der Waals surface area contributed by atoms with Crippen LogP contribution >= 0.6 is 0 Å². The van der Waals surface area contributed by atoms with E-state index in [0.717, 1.165) is 28.9 Å². The molecule has 0 aromatic heterocycles. The average Bonchev–Trinajstić information content (AvgIpc) is 2.83. The summed E-state index contributed by atoms with van der Waals surface area (Å²) in [6.45, 7) is 0.750. The van der Waals surface area contributed by atoms with Crippen LogP contribution in [-0.4, -0.2) is 32.8 Å². The van der Waals surface area contributed by atoms with E-state index in [1.54, 1.807) is 11.0 Å². The van der Waals surface area contributed by atoms with E-state index in [1.165, 1.54) is 37.4 Å². The zero-order valence-corrected chi connectivity index (χ0v) is 19.0. The number of hydrogen-bond acceptors (Lipinski definition) is 4.